The van der Waals surface area contributed by atoms with Crippen LogP contribution in [0.25, 0.3) is 5.69 Å². The molecule has 2 aromatic carbocycles. The Hall–Kier alpha value is -3.91. The number of nitrogens with one attached hydrogen (secondary N) is 1. The summed E-state index contributed by atoms with van der Waals surface area (Å²) in [6.07, 6.45) is 5.32. The van der Waals surface area contributed by atoms with Crippen molar-refractivity contribution in [1.82, 2.24) is 14.9 Å². The van der Waals surface area contributed by atoms with E-state index in [-0.39, 0.29) is 18.4 Å². The zero-order valence-electron chi connectivity index (χ0n) is 17.5. The van der Waals surface area contributed by atoms with Gasteiger partial charge in [-0.15, -0.1) is 0 Å². The number of hydrogen-bond donors (Lipinski definition) is 1. The van der Waals surface area contributed by atoms with Gasteiger partial charge in [-0.1, -0.05) is 12.1 Å². The third-order valence-corrected chi connectivity index (χ3v) is 5.02. The fourth-order valence-corrected chi connectivity index (χ4v) is 3.31. The van der Waals surface area contributed by atoms with Gasteiger partial charge in [-0.2, -0.15) is 5.10 Å². The highest BCUT2D eigenvalue weighted by molar-refractivity contribution is 5.98. The summed E-state index contributed by atoms with van der Waals surface area (Å²) in [6, 6.07) is 18.3. The fraction of sp³-hybridized carbons (Fsp3) is 0.208. The van der Waals surface area contributed by atoms with E-state index in [0.717, 1.165) is 11.3 Å². The molecule has 1 fully saturated rings. The van der Waals surface area contributed by atoms with Crippen molar-refractivity contribution < 1.29 is 19.1 Å². The Morgan fingerprint density at radius 2 is 1.72 bits per heavy atom. The van der Waals surface area contributed by atoms with E-state index in [4.69, 9.17) is 9.47 Å². The molecule has 1 aliphatic heterocycles. The van der Waals surface area contributed by atoms with Crippen molar-refractivity contribution in [2.75, 3.05) is 32.9 Å². The van der Waals surface area contributed by atoms with Crippen molar-refractivity contribution in [3.63, 3.8) is 0 Å². The second-order valence-corrected chi connectivity index (χ2v) is 7.16. The van der Waals surface area contributed by atoms with Crippen LogP contribution in [0.4, 0.5) is 0 Å². The molecule has 0 aliphatic carbocycles. The van der Waals surface area contributed by atoms with Gasteiger partial charge in [0.25, 0.3) is 11.8 Å². The third-order valence-electron chi connectivity index (χ3n) is 5.02. The molecule has 3 aromatic rings. The molecule has 1 saturated heterocycles. The summed E-state index contributed by atoms with van der Waals surface area (Å²) in [5, 5.41) is 4.06. The number of nitrogens with zero attached hydrogens (tertiary/aromatic N) is 3. The lowest BCUT2D eigenvalue weighted by Crippen LogP contribution is -2.42. The molecule has 2 amide bonds. The summed E-state index contributed by atoms with van der Waals surface area (Å²) in [6.45, 7) is 2.31. The van der Waals surface area contributed by atoms with Gasteiger partial charge >= 0.3 is 0 Å². The number of hydrazone groups is 1. The molecule has 2 heterocycles. The van der Waals surface area contributed by atoms with E-state index < -0.39 is 0 Å². The van der Waals surface area contributed by atoms with E-state index in [9.17, 15) is 9.59 Å². The molecule has 0 atom stereocenters. The van der Waals surface area contributed by atoms with Gasteiger partial charge in [0.05, 0.1) is 30.7 Å². The van der Waals surface area contributed by atoms with Crippen LogP contribution in [-0.4, -0.2) is 60.4 Å². The summed E-state index contributed by atoms with van der Waals surface area (Å²) >= 11 is 0. The van der Waals surface area contributed by atoms with Crippen LogP contribution in [0.3, 0.4) is 0 Å². The number of benzene rings is 2. The molecule has 8 nitrogen and oxygen atoms in total. The SMILES string of the molecule is O=C(N/N=C\c1ccc(OCC(=O)N2CCOCC2)cc1)c1ccccc1-n1cccc1. The summed E-state index contributed by atoms with van der Waals surface area (Å²) in [7, 11) is 0. The Kier molecular flexibility index (Phi) is 6.94. The number of rotatable bonds is 7. The Bertz CT molecular complexity index is 1070. The normalized spacial score (nSPS) is 13.8. The molecular formula is C24H24N4O4. The zero-order valence-corrected chi connectivity index (χ0v) is 17.5. The maximum absolute atomic E-state index is 12.6. The second-order valence-electron chi connectivity index (χ2n) is 7.16. The highest BCUT2D eigenvalue weighted by atomic mass is 16.5. The molecule has 32 heavy (non-hydrogen) atoms. The minimum absolute atomic E-state index is 0.00963. The number of carbonyl (C=O) groups is 2. The monoisotopic (exact) mass is 432 g/mol. The molecular weight excluding hydrogens is 408 g/mol. The summed E-state index contributed by atoms with van der Waals surface area (Å²) in [5.41, 5.74) is 4.65. The van der Waals surface area contributed by atoms with Crippen molar-refractivity contribution in [3.8, 4) is 11.4 Å². The standard InChI is InChI=1S/C24H24N4O4/c29-23(28-13-15-31-16-14-28)18-32-20-9-7-19(8-10-20)17-25-26-24(30)21-5-1-2-6-22(21)27-11-3-4-12-27/h1-12,17H,13-16,18H2,(H,26,30)/b25-17-. The molecule has 0 saturated carbocycles. The molecule has 0 spiro atoms. The first-order chi connectivity index (χ1) is 15.7. The average molecular weight is 432 g/mol. The lowest BCUT2D eigenvalue weighted by molar-refractivity contribution is -0.137. The van der Waals surface area contributed by atoms with Crippen LogP contribution >= 0.6 is 0 Å². The first-order valence-corrected chi connectivity index (χ1v) is 10.3. The van der Waals surface area contributed by atoms with Crippen LogP contribution in [-0.2, 0) is 9.53 Å². The van der Waals surface area contributed by atoms with E-state index in [2.05, 4.69) is 10.5 Å². The molecule has 1 aromatic heterocycles. The lowest BCUT2D eigenvalue weighted by atomic mass is 10.1. The van der Waals surface area contributed by atoms with Crippen LogP contribution < -0.4 is 10.2 Å². The van der Waals surface area contributed by atoms with Crippen molar-refractivity contribution in [2.24, 2.45) is 5.10 Å². The Morgan fingerprint density at radius 3 is 2.47 bits per heavy atom. The minimum Gasteiger partial charge on any atom is -0.484 e. The second kappa shape index (κ2) is 10.4. The summed E-state index contributed by atoms with van der Waals surface area (Å²) in [4.78, 5) is 26.5. The predicted molar refractivity (Wildman–Crippen MR) is 120 cm³/mol. The first-order valence-electron chi connectivity index (χ1n) is 10.3. The highest BCUT2D eigenvalue weighted by Crippen LogP contribution is 2.15. The van der Waals surface area contributed by atoms with Gasteiger partial charge in [0.2, 0.25) is 0 Å². The lowest BCUT2D eigenvalue weighted by Gasteiger charge is -2.26. The summed E-state index contributed by atoms with van der Waals surface area (Å²) in [5.74, 6) is 0.238. The molecule has 1 aliphatic rings. The van der Waals surface area contributed by atoms with E-state index in [1.54, 1.807) is 41.4 Å². The van der Waals surface area contributed by atoms with Crippen molar-refractivity contribution >= 4 is 18.0 Å². The number of ether oxygens (including phenoxy) is 2. The van der Waals surface area contributed by atoms with Crippen molar-refractivity contribution in [1.29, 1.82) is 0 Å². The number of morpholine rings is 1. The van der Waals surface area contributed by atoms with Crippen LogP contribution in [0.15, 0.2) is 78.2 Å². The molecule has 0 bridgehead atoms. The minimum atomic E-state index is -0.299. The molecule has 4 rings (SSSR count). The number of para-hydroxylation sites is 1. The maximum atomic E-state index is 12.6. The molecule has 0 radical (unpaired) electrons. The average Bonchev–Trinajstić information content (AvgIpc) is 3.39. The molecule has 0 unspecified atom stereocenters. The number of amides is 2. The quantitative estimate of drug-likeness (QED) is 0.459. The van der Waals surface area contributed by atoms with Crippen LogP contribution in [0.5, 0.6) is 5.75 Å². The molecule has 1 N–H and O–H groups in total. The van der Waals surface area contributed by atoms with Gasteiger partial charge in [0, 0.05) is 25.5 Å². The Labute approximate surface area is 186 Å². The summed E-state index contributed by atoms with van der Waals surface area (Å²) < 4.78 is 12.7. The fourth-order valence-electron chi connectivity index (χ4n) is 3.31. The Balaban J connectivity index is 1.30. The third kappa shape index (κ3) is 5.41. The van der Waals surface area contributed by atoms with Crippen LogP contribution in [0.1, 0.15) is 15.9 Å². The van der Waals surface area contributed by atoms with E-state index in [1.807, 2.05) is 47.3 Å². The van der Waals surface area contributed by atoms with Crippen LogP contribution in [0.2, 0.25) is 0 Å². The predicted octanol–water partition coefficient (Wildman–Crippen LogP) is 2.48. The van der Waals surface area contributed by atoms with Gasteiger partial charge in [-0.25, -0.2) is 5.43 Å². The van der Waals surface area contributed by atoms with Gasteiger partial charge in [-0.05, 0) is 54.1 Å². The van der Waals surface area contributed by atoms with Crippen LogP contribution in [0, 0.1) is 0 Å². The van der Waals surface area contributed by atoms with E-state index >= 15 is 0 Å². The van der Waals surface area contributed by atoms with Gasteiger partial charge in [0.1, 0.15) is 5.75 Å². The van der Waals surface area contributed by atoms with Crippen molar-refractivity contribution in [2.45, 2.75) is 0 Å². The van der Waals surface area contributed by atoms with Gasteiger partial charge in [-0.3, -0.25) is 9.59 Å². The van der Waals surface area contributed by atoms with Gasteiger partial charge < -0.3 is 18.9 Å². The number of carbonyl (C=O) groups excluding carboxylic acids is 2. The highest BCUT2D eigenvalue weighted by Gasteiger charge is 2.17. The zero-order chi connectivity index (χ0) is 22.2. The topological polar surface area (TPSA) is 85.2 Å². The smallest absolute Gasteiger partial charge is 0.273 e. The molecule has 164 valence electrons. The molecule has 8 heteroatoms. The Morgan fingerprint density at radius 1 is 1.00 bits per heavy atom. The maximum Gasteiger partial charge on any atom is 0.273 e. The number of aromatic nitrogens is 1. The van der Waals surface area contributed by atoms with Crippen molar-refractivity contribution in [3.05, 3.63) is 84.2 Å². The first kappa shape index (κ1) is 21.3. The van der Waals surface area contributed by atoms with E-state index in [0.29, 0.717) is 37.6 Å². The largest absolute Gasteiger partial charge is 0.484 e. The number of hydrogen-bond acceptors (Lipinski definition) is 5. The van der Waals surface area contributed by atoms with E-state index in [1.165, 1.54) is 0 Å². The van der Waals surface area contributed by atoms with Gasteiger partial charge in [0.15, 0.2) is 6.61 Å².